The Morgan fingerprint density at radius 3 is 2.68 bits per heavy atom. The number of rotatable bonds is 5. The van der Waals surface area contributed by atoms with Crippen LogP contribution >= 0.6 is 0 Å². The zero-order chi connectivity index (χ0) is 13.7. The molecule has 0 atom stereocenters. The number of aryl methyl sites for hydroxylation is 1. The molecule has 0 aliphatic heterocycles. The van der Waals surface area contributed by atoms with Crippen LogP contribution in [0.5, 0.6) is 5.88 Å². The molecule has 0 saturated carbocycles. The molecule has 0 aliphatic carbocycles. The van der Waals surface area contributed by atoms with Crippen molar-refractivity contribution in [2.24, 2.45) is 0 Å². The lowest BCUT2D eigenvalue weighted by molar-refractivity contribution is 0.327. The molecule has 0 amide bonds. The van der Waals surface area contributed by atoms with Gasteiger partial charge in [-0.1, -0.05) is 18.2 Å². The van der Waals surface area contributed by atoms with Crippen molar-refractivity contribution in [1.82, 2.24) is 4.98 Å². The minimum Gasteiger partial charge on any atom is -0.478 e. The Balaban J connectivity index is 2.00. The van der Waals surface area contributed by atoms with Gasteiger partial charge >= 0.3 is 0 Å². The molecule has 3 heteroatoms. The predicted molar refractivity (Wildman–Crippen MR) is 78.6 cm³/mol. The van der Waals surface area contributed by atoms with Crippen LogP contribution in [0.2, 0.25) is 0 Å². The largest absolute Gasteiger partial charge is 0.478 e. The summed E-state index contributed by atoms with van der Waals surface area (Å²) in [6.45, 7) is 7.69. The Kier molecular flexibility index (Phi) is 4.39. The molecule has 19 heavy (non-hydrogen) atoms. The fourth-order valence-electron chi connectivity index (χ4n) is 1.92. The average molecular weight is 256 g/mol. The van der Waals surface area contributed by atoms with Crippen molar-refractivity contribution in [3.8, 4) is 5.88 Å². The number of benzene rings is 1. The van der Waals surface area contributed by atoms with Gasteiger partial charge in [-0.05, 0) is 43.5 Å². The van der Waals surface area contributed by atoms with Gasteiger partial charge in [0.2, 0.25) is 5.88 Å². The summed E-state index contributed by atoms with van der Waals surface area (Å²) in [5.74, 6) is 0.666. The number of nitrogens with one attached hydrogen (secondary N) is 1. The van der Waals surface area contributed by atoms with Gasteiger partial charge in [0.05, 0.1) is 18.5 Å². The summed E-state index contributed by atoms with van der Waals surface area (Å²) >= 11 is 0. The minimum absolute atomic E-state index is 0.641. The highest BCUT2D eigenvalue weighted by molar-refractivity contribution is 5.44. The van der Waals surface area contributed by atoms with Crippen LogP contribution in [0.1, 0.15) is 23.6 Å². The first-order valence-corrected chi connectivity index (χ1v) is 6.58. The molecule has 100 valence electrons. The van der Waals surface area contributed by atoms with E-state index in [0.29, 0.717) is 12.5 Å². The first-order valence-electron chi connectivity index (χ1n) is 6.58. The van der Waals surface area contributed by atoms with Crippen molar-refractivity contribution in [3.05, 3.63) is 53.2 Å². The lowest BCUT2D eigenvalue weighted by Gasteiger charge is -2.11. The smallest absolute Gasteiger partial charge is 0.213 e. The van der Waals surface area contributed by atoms with Crippen molar-refractivity contribution in [2.45, 2.75) is 27.3 Å². The number of hydrogen-bond donors (Lipinski definition) is 1. The van der Waals surface area contributed by atoms with Crippen LogP contribution in [0, 0.1) is 13.8 Å². The maximum absolute atomic E-state index is 5.32. The third-order valence-corrected chi connectivity index (χ3v) is 3.23. The van der Waals surface area contributed by atoms with Crippen molar-refractivity contribution < 1.29 is 4.74 Å². The summed E-state index contributed by atoms with van der Waals surface area (Å²) in [4.78, 5) is 4.24. The molecule has 0 bridgehead atoms. The van der Waals surface area contributed by atoms with Crippen LogP contribution in [0.15, 0.2) is 36.5 Å². The molecule has 1 N–H and O–H groups in total. The average Bonchev–Trinajstić information content (AvgIpc) is 2.42. The number of aromatic nitrogens is 1. The van der Waals surface area contributed by atoms with Crippen LogP contribution in [0.4, 0.5) is 5.69 Å². The van der Waals surface area contributed by atoms with E-state index in [0.717, 1.165) is 12.2 Å². The van der Waals surface area contributed by atoms with Gasteiger partial charge in [-0.15, -0.1) is 0 Å². The van der Waals surface area contributed by atoms with Crippen LogP contribution in [0.3, 0.4) is 0 Å². The molecule has 1 aromatic carbocycles. The summed E-state index contributed by atoms with van der Waals surface area (Å²) in [7, 11) is 0. The fourth-order valence-corrected chi connectivity index (χ4v) is 1.92. The van der Waals surface area contributed by atoms with E-state index in [1.807, 2.05) is 19.1 Å². The Labute approximate surface area is 114 Å². The van der Waals surface area contributed by atoms with Crippen LogP contribution < -0.4 is 10.1 Å². The maximum Gasteiger partial charge on any atom is 0.213 e. The van der Waals surface area contributed by atoms with E-state index in [4.69, 9.17) is 4.74 Å². The van der Waals surface area contributed by atoms with E-state index in [1.54, 1.807) is 6.20 Å². The van der Waals surface area contributed by atoms with E-state index >= 15 is 0 Å². The Hall–Kier alpha value is -2.03. The number of pyridine rings is 1. The highest BCUT2D eigenvalue weighted by atomic mass is 16.5. The molecule has 0 saturated heterocycles. The fraction of sp³-hybridized carbons (Fsp3) is 0.312. The van der Waals surface area contributed by atoms with Gasteiger partial charge in [-0.2, -0.15) is 0 Å². The lowest BCUT2D eigenvalue weighted by Crippen LogP contribution is -2.03. The van der Waals surface area contributed by atoms with Gasteiger partial charge in [0.1, 0.15) is 0 Å². The second-order valence-electron chi connectivity index (χ2n) is 4.53. The topological polar surface area (TPSA) is 34.1 Å². The molecule has 0 fully saturated rings. The Morgan fingerprint density at radius 1 is 1.16 bits per heavy atom. The molecule has 0 radical (unpaired) electrons. The van der Waals surface area contributed by atoms with E-state index in [-0.39, 0.29) is 0 Å². The van der Waals surface area contributed by atoms with Gasteiger partial charge in [0, 0.05) is 12.6 Å². The molecular weight excluding hydrogens is 236 g/mol. The van der Waals surface area contributed by atoms with Crippen molar-refractivity contribution in [1.29, 1.82) is 0 Å². The van der Waals surface area contributed by atoms with E-state index < -0.39 is 0 Å². The standard InChI is InChI=1S/C16H20N2O/c1-4-19-16-9-8-15(11-18-16)17-10-14-7-5-6-12(2)13(14)3/h5-9,11,17H,4,10H2,1-3H3. The monoisotopic (exact) mass is 256 g/mol. The summed E-state index contributed by atoms with van der Waals surface area (Å²) < 4.78 is 5.32. The number of hydrogen-bond acceptors (Lipinski definition) is 3. The van der Waals surface area contributed by atoms with Crippen LogP contribution in [-0.2, 0) is 6.54 Å². The first-order chi connectivity index (χ1) is 9.20. The Morgan fingerprint density at radius 2 is 2.00 bits per heavy atom. The maximum atomic E-state index is 5.32. The summed E-state index contributed by atoms with van der Waals surface area (Å²) in [6.07, 6.45) is 1.80. The number of ether oxygens (including phenoxy) is 1. The summed E-state index contributed by atoms with van der Waals surface area (Å²) in [5.41, 5.74) is 4.98. The number of anilines is 1. The summed E-state index contributed by atoms with van der Waals surface area (Å²) in [5, 5.41) is 3.38. The molecule has 1 aromatic heterocycles. The molecule has 2 rings (SSSR count). The number of nitrogens with zero attached hydrogens (tertiary/aromatic N) is 1. The predicted octanol–water partition coefficient (Wildman–Crippen LogP) is 3.71. The molecular formula is C16H20N2O. The third kappa shape index (κ3) is 3.47. The molecule has 0 aliphatic rings. The zero-order valence-corrected chi connectivity index (χ0v) is 11.7. The van der Waals surface area contributed by atoms with Crippen molar-refractivity contribution >= 4 is 5.69 Å². The van der Waals surface area contributed by atoms with E-state index in [9.17, 15) is 0 Å². The van der Waals surface area contributed by atoms with E-state index in [2.05, 4.69) is 42.3 Å². The first kappa shape index (κ1) is 13.4. The molecule has 0 unspecified atom stereocenters. The van der Waals surface area contributed by atoms with Gasteiger partial charge in [0.15, 0.2) is 0 Å². The van der Waals surface area contributed by atoms with Crippen molar-refractivity contribution in [3.63, 3.8) is 0 Å². The van der Waals surface area contributed by atoms with Gasteiger partial charge in [-0.3, -0.25) is 0 Å². The van der Waals surface area contributed by atoms with Crippen LogP contribution in [0.25, 0.3) is 0 Å². The second kappa shape index (κ2) is 6.23. The normalized spacial score (nSPS) is 10.3. The van der Waals surface area contributed by atoms with Crippen LogP contribution in [-0.4, -0.2) is 11.6 Å². The minimum atomic E-state index is 0.641. The molecule has 3 nitrogen and oxygen atoms in total. The third-order valence-electron chi connectivity index (χ3n) is 3.23. The highest BCUT2D eigenvalue weighted by Crippen LogP contribution is 2.16. The van der Waals surface area contributed by atoms with Gasteiger partial charge in [0.25, 0.3) is 0 Å². The molecule has 0 spiro atoms. The van der Waals surface area contributed by atoms with E-state index in [1.165, 1.54) is 16.7 Å². The zero-order valence-electron chi connectivity index (χ0n) is 11.7. The second-order valence-corrected chi connectivity index (χ2v) is 4.53. The quantitative estimate of drug-likeness (QED) is 0.885. The molecule has 2 aromatic rings. The highest BCUT2D eigenvalue weighted by Gasteiger charge is 2.01. The SMILES string of the molecule is CCOc1ccc(NCc2cccc(C)c2C)cn1. The lowest BCUT2D eigenvalue weighted by atomic mass is 10.0. The van der Waals surface area contributed by atoms with Crippen molar-refractivity contribution in [2.75, 3.05) is 11.9 Å². The van der Waals surface area contributed by atoms with Gasteiger partial charge < -0.3 is 10.1 Å². The Bertz CT molecular complexity index is 535. The molecule has 1 heterocycles. The summed E-state index contributed by atoms with van der Waals surface area (Å²) in [6, 6.07) is 10.3. The van der Waals surface area contributed by atoms with Gasteiger partial charge in [-0.25, -0.2) is 4.98 Å².